The highest BCUT2D eigenvalue weighted by Gasteiger charge is 2.08. The molecule has 0 radical (unpaired) electrons. The van der Waals surface area contributed by atoms with Gasteiger partial charge in [-0.2, -0.15) is 0 Å². The highest BCUT2D eigenvalue weighted by atomic mass is 16.1. The number of carbonyl (C=O) groups excluding carboxylic acids is 1. The Bertz CT molecular complexity index is 343. The maximum absolute atomic E-state index is 11.7. The molecule has 0 spiro atoms. The monoisotopic (exact) mass is 203 g/mol. The molecule has 1 N–H and O–H groups in total. The van der Waals surface area contributed by atoms with Gasteiger partial charge in [0.15, 0.2) is 0 Å². The predicted octanol–water partition coefficient (Wildman–Crippen LogP) is 2.77. The molecule has 0 saturated carbocycles. The summed E-state index contributed by atoms with van der Waals surface area (Å²) >= 11 is 0. The Labute approximate surface area is 91.0 Å². The van der Waals surface area contributed by atoms with Gasteiger partial charge in [0.1, 0.15) is 0 Å². The van der Waals surface area contributed by atoms with E-state index in [2.05, 4.69) is 11.9 Å². The molecule has 0 heterocycles. The fraction of sp³-hybridized carbons (Fsp3) is 0.308. The third kappa shape index (κ3) is 3.98. The molecule has 0 fully saturated rings. The average molecular weight is 203 g/mol. The number of amides is 1. The molecule has 2 nitrogen and oxygen atoms in total. The van der Waals surface area contributed by atoms with Crippen LogP contribution in [0.25, 0.3) is 0 Å². The van der Waals surface area contributed by atoms with Gasteiger partial charge < -0.3 is 5.32 Å². The Morgan fingerprint density at radius 1 is 1.40 bits per heavy atom. The molecule has 0 unspecified atom stereocenters. The lowest BCUT2D eigenvalue weighted by atomic mass is 10.1. The zero-order valence-electron chi connectivity index (χ0n) is 9.29. The maximum Gasteiger partial charge on any atom is 0.251 e. The molecule has 15 heavy (non-hydrogen) atoms. The maximum atomic E-state index is 11.7. The summed E-state index contributed by atoms with van der Waals surface area (Å²) in [5.74, 6) is -0.0237. The zero-order chi connectivity index (χ0) is 11.3. The van der Waals surface area contributed by atoms with Crippen LogP contribution >= 0.6 is 0 Å². The van der Waals surface area contributed by atoms with E-state index >= 15 is 0 Å². The van der Waals surface area contributed by atoms with E-state index in [0.717, 1.165) is 12.0 Å². The number of benzene rings is 1. The minimum Gasteiger partial charge on any atom is -0.349 e. The summed E-state index contributed by atoms with van der Waals surface area (Å²) in [6.07, 6.45) is 0.818. The van der Waals surface area contributed by atoms with Gasteiger partial charge in [0, 0.05) is 11.6 Å². The first-order chi connectivity index (χ1) is 7.09. The van der Waals surface area contributed by atoms with Crippen molar-refractivity contribution in [2.45, 2.75) is 26.3 Å². The van der Waals surface area contributed by atoms with Crippen LogP contribution in [0.15, 0.2) is 42.5 Å². The summed E-state index contributed by atoms with van der Waals surface area (Å²) in [7, 11) is 0. The number of carbonyl (C=O) groups is 1. The molecule has 2 heteroatoms. The van der Waals surface area contributed by atoms with E-state index in [4.69, 9.17) is 0 Å². The van der Waals surface area contributed by atoms with Crippen LogP contribution in [0.5, 0.6) is 0 Å². The van der Waals surface area contributed by atoms with E-state index in [1.54, 1.807) is 0 Å². The molecule has 0 bridgehead atoms. The Balaban J connectivity index is 2.53. The highest BCUT2D eigenvalue weighted by Crippen LogP contribution is 2.03. The Morgan fingerprint density at radius 2 is 2.00 bits per heavy atom. The van der Waals surface area contributed by atoms with Crippen molar-refractivity contribution in [3.8, 4) is 0 Å². The lowest BCUT2D eigenvalue weighted by molar-refractivity contribution is 0.0940. The molecule has 1 aromatic carbocycles. The van der Waals surface area contributed by atoms with E-state index in [1.165, 1.54) is 0 Å². The molecular formula is C13H17NO. The molecule has 80 valence electrons. The molecular weight excluding hydrogens is 186 g/mol. The summed E-state index contributed by atoms with van der Waals surface area (Å²) in [5, 5.41) is 2.93. The molecule has 1 aromatic rings. The van der Waals surface area contributed by atoms with Crippen LogP contribution < -0.4 is 5.32 Å². The number of hydrogen-bond acceptors (Lipinski definition) is 1. The summed E-state index contributed by atoms with van der Waals surface area (Å²) in [6.45, 7) is 7.77. The van der Waals surface area contributed by atoms with Crippen LogP contribution in [-0.4, -0.2) is 11.9 Å². The van der Waals surface area contributed by atoms with E-state index in [0.29, 0.717) is 5.56 Å². The van der Waals surface area contributed by atoms with Crippen molar-refractivity contribution < 1.29 is 4.79 Å². The average Bonchev–Trinajstić information content (AvgIpc) is 2.17. The number of rotatable bonds is 4. The number of nitrogens with one attached hydrogen (secondary N) is 1. The summed E-state index contributed by atoms with van der Waals surface area (Å²) in [6, 6.07) is 9.37. The van der Waals surface area contributed by atoms with E-state index in [9.17, 15) is 4.79 Å². The van der Waals surface area contributed by atoms with E-state index < -0.39 is 0 Å². The first-order valence-corrected chi connectivity index (χ1v) is 5.10. The van der Waals surface area contributed by atoms with Gasteiger partial charge in [-0.1, -0.05) is 23.8 Å². The largest absolute Gasteiger partial charge is 0.349 e. The van der Waals surface area contributed by atoms with Crippen molar-refractivity contribution in [1.82, 2.24) is 5.32 Å². The van der Waals surface area contributed by atoms with Gasteiger partial charge in [-0.05, 0) is 32.4 Å². The predicted molar refractivity (Wildman–Crippen MR) is 62.8 cm³/mol. The number of hydrogen-bond donors (Lipinski definition) is 1. The van der Waals surface area contributed by atoms with Crippen molar-refractivity contribution >= 4 is 5.91 Å². The minimum absolute atomic E-state index is 0.0237. The first-order valence-electron chi connectivity index (χ1n) is 5.10. The Morgan fingerprint density at radius 3 is 2.53 bits per heavy atom. The summed E-state index contributed by atoms with van der Waals surface area (Å²) in [5.41, 5.74) is 1.78. The standard InChI is InChI=1S/C13H17NO/c1-10(2)9-11(3)14-13(15)12-7-5-4-6-8-12/h4-8,11H,1,9H2,2-3H3,(H,14,15)/t11-/m1/s1. The lowest BCUT2D eigenvalue weighted by Gasteiger charge is -2.13. The second-order valence-corrected chi connectivity index (χ2v) is 3.90. The fourth-order valence-electron chi connectivity index (χ4n) is 1.47. The van der Waals surface area contributed by atoms with Crippen molar-refractivity contribution in [3.63, 3.8) is 0 Å². The van der Waals surface area contributed by atoms with E-state index in [-0.39, 0.29) is 11.9 Å². The van der Waals surface area contributed by atoms with Crippen molar-refractivity contribution in [2.75, 3.05) is 0 Å². The van der Waals surface area contributed by atoms with Gasteiger partial charge in [-0.15, -0.1) is 6.58 Å². The van der Waals surface area contributed by atoms with Crippen molar-refractivity contribution in [3.05, 3.63) is 48.0 Å². The summed E-state index contributed by atoms with van der Waals surface area (Å²) < 4.78 is 0. The quantitative estimate of drug-likeness (QED) is 0.749. The van der Waals surface area contributed by atoms with Gasteiger partial charge >= 0.3 is 0 Å². The zero-order valence-corrected chi connectivity index (χ0v) is 9.29. The van der Waals surface area contributed by atoms with Crippen molar-refractivity contribution in [1.29, 1.82) is 0 Å². The first kappa shape index (κ1) is 11.5. The Kier molecular flexibility index (Phi) is 4.10. The second-order valence-electron chi connectivity index (χ2n) is 3.90. The van der Waals surface area contributed by atoms with Gasteiger partial charge in [0.05, 0.1) is 0 Å². The second kappa shape index (κ2) is 5.35. The highest BCUT2D eigenvalue weighted by molar-refractivity contribution is 5.94. The third-order valence-electron chi connectivity index (χ3n) is 2.07. The van der Waals surface area contributed by atoms with Gasteiger partial charge in [0.2, 0.25) is 0 Å². The molecule has 0 aliphatic rings. The minimum atomic E-state index is -0.0237. The van der Waals surface area contributed by atoms with Crippen LogP contribution in [0, 0.1) is 0 Å². The van der Waals surface area contributed by atoms with Crippen LogP contribution in [0.3, 0.4) is 0 Å². The molecule has 1 rings (SSSR count). The molecule has 1 atom stereocenters. The van der Waals surface area contributed by atoms with Crippen LogP contribution in [-0.2, 0) is 0 Å². The Hall–Kier alpha value is -1.57. The van der Waals surface area contributed by atoms with Crippen LogP contribution in [0.1, 0.15) is 30.6 Å². The third-order valence-corrected chi connectivity index (χ3v) is 2.07. The fourth-order valence-corrected chi connectivity index (χ4v) is 1.47. The smallest absolute Gasteiger partial charge is 0.251 e. The molecule has 0 aliphatic heterocycles. The SMILES string of the molecule is C=C(C)C[C@@H](C)NC(=O)c1ccccc1. The van der Waals surface area contributed by atoms with E-state index in [1.807, 2.05) is 44.2 Å². The van der Waals surface area contributed by atoms with Gasteiger partial charge in [-0.25, -0.2) is 0 Å². The summed E-state index contributed by atoms with van der Waals surface area (Å²) in [4.78, 5) is 11.7. The molecule has 0 aromatic heterocycles. The molecule has 0 saturated heterocycles. The van der Waals surface area contributed by atoms with Gasteiger partial charge in [0.25, 0.3) is 5.91 Å². The topological polar surface area (TPSA) is 29.1 Å². The molecule has 0 aliphatic carbocycles. The van der Waals surface area contributed by atoms with Crippen molar-refractivity contribution in [2.24, 2.45) is 0 Å². The van der Waals surface area contributed by atoms with Gasteiger partial charge in [-0.3, -0.25) is 4.79 Å². The molecule has 1 amide bonds. The van der Waals surface area contributed by atoms with Crippen LogP contribution in [0.4, 0.5) is 0 Å². The normalized spacial score (nSPS) is 11.9. The van der Waals surface area contributed by atoms with Crippen LogP contribution in [0.2, 0.25) is 0 Å². The lowest BCUT2D eigenvalue weighted by Crippen LogP contribution is -2.32.